The van der Waals surface area contributed by atoms with E-state index in [9.17, 15) is 5.11 Å². The fourth-order valence-electron chi connectivity index (χ4n) is 1.35. The largest absolute Gasteiger partial charge is 0.508 e. The lowest BCUT2D eigenvalue weighted by Crippen LogP contribution is -1.97. The fraction of sp³-hybridized carbons (Fsp3) is 0.0909. The Morgan fingerprint density at radius 1 is 1.53 bits per heavy atom. The smallest absolute Gasteiger partial charge is 0.221 e. The Morgan fingerprint density at radius 3 is 2.94 bits per heavy atom. The van der Waals surface area contributed by atoms with Crippen molar-refractivity contribution in [2.75, 3.05) is 5.73 Å². The average molecular weight is 251 g/mol. The molecule has 1 heterocycles. The third-order valence-corrected chi connectivity index (χ3v) is 2.48. The Balaban J connectivity index is 2.31. The molecule has 0 amide bonds. The van der Waals surface area contributed by atoms with Crippen LogP contribution in [0.2, 0.25) is 5.02 Å². The van der Waals surface area contributed by atoms with Crippen molar-refractivity contribution in [3.63, 3.8) is 0 Å². The van der Waals surface area contributed by atoms with Gasteiger partial charge in [-0.1, -0.05) is 11.6 Å². The van der Waals surface area contributed by atoms with Gasteiger partial charge < -0.3 is 10.8 Å². The maximum absolute atomic E-state index is 9.33. The molecule has 1 aromatic heterocycles. The second kappa shape index (κ2) is 4.47. The van der Waals surface area contributed by atoms with E-state index >= 15 is 0 Å². The maximum atomic E-state index is 9.33. The Kier molecular flexibility index (Phi) is 3.01. The van der Waals surface area contributed by atoms with E-state index in [1.165, 1.54) is 23.0 Å². The first kappa shape index (κ1) is 11.5. The Hall–Kier alpha value is -2.01. The number of anilines is 1. The Bertz CT molecular complexity index is 577. The Morgan fingerprint density at radius 2 is 2.29 bits per heavy atom. The first-order chi connectivity index (χ1) is 8.06. The quantitative estimate of drug-likeness (QED) is 0.801. The molecule has 0 saturated heterocycles. The number of benzene rings is 1. The highest BCUT2D eigenvalue weighted by Crippen LogP contribution is 2.19. The summed E-state index contributed by atoms with van der Waals surface area (Å²) >= 11 is 5.95. The molecule has 5 nitrogen and oxygen atoms in total. The van der Waals surface area contributed by atoms with Crippen molar-refractivity contribution in [2.24, 2.45) is 5.10 Å². The number of nitrogens with zero attached hydrogens (tertiary/aromatic N) is 3. The van der Waals surface area contributed by atoms with Crippen molar-refractivity contribution in [3.05, 3.63) is 40.7 Å². The number of hydrogen-bond donors (Lipinski definition) is 2. The molecule has 1 aromatic carbocycles. The first-order valence-corrected chi connectivity index (χ1v) is 5.28. The number of hydrogen-bond acceptors (Lipinski definition) is 4. The third-order valence-electron chi connectivity index (χ3n) is 2.14. The lowest BCUT2D eigenvalue weighted by molar-refractivity contribution is 0.475. The molecule has 2 rings (SSSR count). The summed E-state index contributed by atoms with van der Waals surface area (Å²) < 4.78 is 1.44. The van der Waals surface area contributed by atoms with Crippen molar-refractivity contribution >= 4 is 23.8 Å². The van der Waals surface area contributed by atoms with E-state index < -0.39 is 0 Å². The van der Waals surface area contributed by atoms with Gasteiger partial charge in [-0.15, -0.1) is 0 Å². The molecular weight excluding hydrogens is 240 g/mol. The predicted molar refractivity (Wildman–Crippen MR) is 67.5 cm³/mol. The number of phenols is 1. The number of nitrogens with two attached hydrogens (primary N) is 1. The molecule has 2 aromatic rings. The molecule has 6 heteroatoms. The molecule has 17 heavy (non-hydrogen) atoms. The Labute approximate surface area is 103 Å². The van der Waals surface area contributed by atoms with Gasteiger partial charge in [0.1, 0.15) is 5.75 Å². The number of nitrogen functional groups attached to an aromatic ring is 1. The molecule has 0 atom stereocenters. The summed E-state index contributed by atoms with van der Waals surface area (Å²) in [7, 11) is 0. The molecule has 0 bridgehead atoms. The monoisotopic (exact) mass is 250 g/mol. The van der Waals surface area contributed by atoms with E-state index in [0.717, 1.165) is 5.69 Å². The standard InChI is InChI=1S/C11H11ClN4O/c1-7-6-16(11(13)15-7)14-5-8-4-9(17)2-3-10(8)12/h2-6,17H,1H3,(H2,13,15). The van der Waals surface area contributed by atoms with Gasteiger partial charge in [-0.2, -0.15) is 5.10 Å². The van der Waals surface area contributed by atoms with Crippen LogP contribution in [0.4, 0.5) is 5.95 Å². The highest BCUT2D eigenvalue weighted by Gasteiger charge is 2.01. The lowest BCUT2D eigenvalue weighted by Gasteiger charge is -1.99. The molecule has 0 unspecified atom stereocenters. The van der Waals surface area contributed by atoms with E-state index in [4.69, 9.17) is 17.3 Å². The average Bonchev–Trinajstić information content (AvgIpc) is 2.59. The van der Waals surface area contributed by atoms with Crippen LogP contribution in [0.15, 0.2) is 29.5 Å². The number of aromatic hydroxyl groups is 1. The summed E-state index contributed by atoms with van der Waals surface area (Å²) in [5.41, 5.74) is 7.02. The molecule has 0 fully saturated rings. The van der Waals surface area contributed by atoms with Crippen LogP contribution in [0.3, 0.4) is 0 Å². The highest BCUT2D eigenvalue weighted by molar-refractivity contribution is 6.33. The SMILES string of the molecule is Cc1cn(N=Cc2cc(O)ccc2Cl)c(N)n1. The minimum absolute atomic E-state index is 0.130. The summed E-state index contributed by atoms with van der Waals surface area (Å²) in [6.45, 7) is 1.82. The van der Waals surface area contributed by atoms with Crippen LogP contribution in [-0.4, -0.2) is 21.0 Å². The number of imidazole rings is 1. The number of phenolic OH excluding ortho intramolecular Hbond substituents is 1. The van der Waals surface area contributed by atoms with Crippen LogP contribution in [0.5, 0.6) is 5.75 Å². The molecule has 0 radical (unpaired) electrons. The summed E-state index contributed by atoms with van der Waals surface area (Å²) in [5, 5.41) is 13.9. The van der Waals surface area contributed by atoms with E-state index in [1.54, 1.807) is 12.3 Å². The molecule has 3 N–H and O–H groups in total. The number of halogens is 1. The van der Waals surface area contributed by atoms with Crippen molar-refractivity contribution in [1.82, 2.24) is 9.66 Å². The molecule has 0 aliphatic carbocycles. The number of rotatable bonds is 2. The van der Waals surface area contributed by atoms with Gasteiger partial charge in [-0.25, -0.2) is 9.66 Å². The molecule has 0 aliphatic rings. The number of aromatic nitrogens is 2. The van der Waals surface area contributed by atoms with Gasteiger partial charge in [0.15, 0.2) is 0 Å². The molecule has 0 spiro atoms. The third kappa shape index (κ3) is 2.57. The van der Waals surface area contributed by atoms with Crippen LogP contribution >= 0.6 is 11.6 Å². The summed E-state index contributed by atoms with van der Waals surface area (Å²) in [5.74, 6) is 0.431. The normalized spacial score (nSPS) is 11.2. The lowest BCUT2D eigenvalue weighted by atomic mass is 10.2. The zero-order valence-corrected chi connectivity index (χ0v) is 9.89. The van der Waals surface area contributed by atoms with Crippen LogP contribution in [0, 0.1) is 6.92 Å². The zero-order valence-electron chi connectivity index (χ0n) is 9.13. The van der Waals surface area contributed by atoms with Gasteiger partial charge in [-0.05, 0) is 25.1 Å². The highest BCUT2D eigenvalue weighted by atomic mass is 35.5. The van der Waals surface area contributed by atoms with Gasteiger partial charge in [-0.3, -0.25) is 0 Å². The predicted octanol–water partition coefficient (Wildman–Crippen LogP) is 2.01. The fourth-order valence-corrected chi connectivity index (χ4v) is 1.52. The summed E-state index contributed by atoms with van der Waals surface area (Å²) in [6, 6.07) is 4.63. The maximum Gasteiger partial charge on any atom is 0.221 e. The summed E-state index contributed by atoms with van der Waals surface area (Å²) in [6.07, 6.45) is 3.21. The number of aryl methyl sites for hydroxylation is 1. The van der Waals surface area contributed by atoms with Crippen molar-refractivity contribution in [3.8, 4) is 5.75 Å². The van der Waals surface area contributed by atoms with Gasteiger partial charge in [0.2, 0.25) is 5.95 Å². The molecule has 0 aliphatic heterocycles. The van der Waals surface area contributed by atoms with Crippen LogP contribution in [0.25, 0.3) is 0 Å². The van der Waals surface area contributed by atoms with Crippen LogP contribution < -0.4 is 5.73 Å². The zero-order chi connectivity index (χ0) is 12.4. The van der Waals surface area contributed by atoms with Crippen LogP contribution in [-0.2, 0) is 0 Å². The minimum Gasteiger partial charge on any atom is -0.508 e. The van der Waals surface area contributed by atoms with E-state index in [-0.39, 0.29) is 5.75 Å². The first-order valence-electron chi connectivity index (χ1n) is 4.90. The van der Waals surface area contributed by atoms with E-state index in [1.807, 2.05) is 6.92 Å². The van der Waals surface area contributed by atoms with Crippen molar-refractivity contribution < 1.29 is 5.11 Å². The van der Waals surface area contributed by atoms with Gasteiger partial charge in [0.05, 0.1) is 18.1 Å². The van der Waals surface area contributed by atoms with Gasteiger partial charge in [0.25, 0.3) is 0 Å². The van der Waals surface area contributed by atoms with Crippen LogP contribution in [0.1, 0.15) is 11.3 Å². The van der Waals surface area contributed by atoms with E-state index in [0.29, 0.717) is 16.5 Å². The molecule has 0 saturated carbocycles. The minimum atomic E-state index is 0.130. The molecular formula is C11H11ClN4O. The van der Waals surface area contributed by atoms with Gasteiger partial charge in [0, 0.05) is 10.6 Å². The second-order valence-corrected chi connectivity index (χ2v) is 3.94. The molecule has 88 valence electrons. The van der Waals surface area contributed by atoms with Gasteiger partial charge >= 0.3 is 0 Å². The summed E-state index contributed by atoms with van der Waals surface area (Å²) in [4.78, 5) is 4.01. The second-order valence-electron chi connectivity index (χ2n) is 3.54. The van der Waals surface area contributed by atoms with Crippen molar-refractivity contribution in [1.29, 1.82) is 0 Å². The topological polar surface area (TPSA) is 76.4 Å². The van der Waals surface area contributed by atoms with E-state index in [2.05, 4.69) is 10.1 Å². The van der Waals surface area contributed by atoms with Crippen molar-refractivity contribution in [2.45, 2.75) is 6.92 Å².